The normalized spacial score (nSPS) is 10.5. The second-order valence-electron chi connectivity index (χ2n) is 10.5. The summed E-state index contributed by atoms with van der Waals surface area (Å²) in [6, 6.07) is 8.08. The largest absolute Gasteiger partial charge is 0.478 e. The van der Waals surface area contributed by atoms with Crippen LogP contribution in [0.25, 0.3) is 0 Å². The summed E-state index contributed by atoms with van der Waals surface area (Å²) in [5, 5.41) is 34.7. The summed E-state index contributed by atoms with van der Waals surface area (Å²) in [5.74, 6) is -4.10. The van der Waals surface area contributed by atoms with Crippen molar-refractivity contribution < 1.29 is 49.1 Å². The number of aliphatic carboxylic acids is 4. The first-order valence-electron chi connectivity index (χ1n) is 15.2. The fourth-order valence-electron chi connectivity index (χ4n) is 3.76. The number of rotatable bonds is 18. The van der Waals surface area contributed by atoms with Crippen molar-refractivity contribution >= 4 is 41.6 Å². The highest BCUT2D eigenvalue weighted by molar-refractivity contribution is 5.90. The molecule has 1 aromatic heterocycles. The van der Waals surface area contributed by atoms with E-state index >= 15 is 0 Å². The number of carboxylic acid groups (broad SMARTS) is 4. The number of anilines is 2. The predicted octanol–water partition coefficient (Wildman–Crippen LogP) is 3.41. The Morgan fingerprint density at radius 1 is 0.812 bits per heavy atom. The van der Waals surface area contributed by atoms with Crippen LogP contribution < -0.4 is 11.1 Å². The summed E-state index contributed by atoms with van der Waals surface area (Å²) in [6.45, 7) is 6.51. The topological polar surface area (TPSA) is 243 Å². The van der Waals surface area contributed by atoms with E-state index in [1.165, 1.54) is 12.8 Å². The molecule has 2 rings (SSSR count). The molecule has 0 saturated heterocycles. The second-order valence-corrected chi connectivity index (χ2v) is 10.5. The molecule has 0 bridgehead atoms. The fourth-order valence-corrected chi connectivity index (χ4v) is 3.76. The summed E-state index contributed by atoms with van der Waals surface area (Å²) in [7, 11) is 4.09. The number of aromatic nitrogens is 2. The van der Waals surface area contributed by atoms with Gasteiger partial charge in [-0.3, -0.25) is 4.79 Å². The number of carbonyl (C=O) groups excluding carboxylic acids is 1. The summed E-state index contributed by atoms with van der Waals surface area (Å²) in [4.78, 5) is 61.2. The van der Waals surface area contributed by atoms with Crippen molar-refractivity contribution in [3.63, 3.8) is 0 Å². The summed E-state index contributed by atoms with van der Waals surface area (Å²) >= 11 is 0. The van der Waals surface area contributed by atoms with Gasteiger partial charge in [-0.25, -0.2) is 24.2 Å². The molecule has 15 nitrogen and oxygen atoms in total. The van der Waals surface area contributed by atoms with Crippen LogP contribution in [0.4, 0.5) is 11.8 Å². The number of carbonyl (C=O) groups is 5. The minimum absolute atomic E-state index is 0.177. The highest BCUT2D eigenvalue weighted by atomic mass is 16.5. The Labute approximate surface area is 280 Å². The van der Waals surface area contributed by atoms with Gasteiger partial charge in [0.15, 0.2) is 0 Å². The molecule has 0 radical (unpaired) electrons. The molecule has 0 fully saturated rings. The fraction of sp³-hybridized carbons (Fsp3) is 0.424. The Hall–Kier alpha value is -5.31. The van der Waals surface area contributed by atoms with Crippen molar-refractivity contribution in [2.75, 3.05) is 44.8 Å². The summed E-state index contributed by atoms with van der Waals surface area (Å²) in [6.07, 6.45) is 8.60. The molecule has 0 aliphatic carbocycles. The molecule has 0 aliphatic heterocycles. The molecular formula is C33H47N5O10. The van der Waals surface area contributed by atoms with Crippen LogP contribution >= 0.6 is 0 Å². The van der Waals surface area contributed by atoms with Gasteiger partial charge in [0.05, 0.1) is 13.0 Å². The van der Waals surface area contributed by atoms with Gasteiger partial charge in [0.2, 0.25) is 5.95 Å². The van der Waals surface area contributed by atoms with Gasteiger partial charge >= 0.3 is 29.8 Å². The number of nitrogens with one attached hydrogen (secondary N) is 1. The number of hydrogen-bond acceptors (Lipinski definition) is 11. The van der Waals surface area contributed by atoms with Crippen LogP contribution in [0.3, 0.4) is 0 Å². The van der Waals surface area contributed by atoms with Crippen molar-refractivity contribution in [3.8, 4) is 0 Å². The standard InChI is InChI=1S/C25H39N5O2.2C4H4O4/c1-5-6-7-14-27-24-22(19(2)28-25(26)29-24)17-20-10-12-21(13-11-20)18-23(31)32-16-9-8-15-30(3)4;2*5-3(6)1-2-4(7)8/h10-13H,5-9,14-18H2,1-4H3,(H3,26,27,28,29);2*1-2H,(H,5,6)(H,7,8). The smallest absolute Gasteiger partial charge is 0.328 e. The van der Waals surface area contributed by atoms with Crippen LogP contribution in [0.2, 0.25) is 0 Å². The number of esters is 1. The second kappa shape index (κ2) is 24.9. The van der Waals surface area contributed by atoms with Gasteiger partial charge in [0.1, 0.15) is 5.82 Å². The molecule has 15 heteroatoms. The maximum Gasteiger partial charge on any atom is 0.328 e. The Bertz CT molecular complexity index is 1310. The van der Waals surface area contributed by atoms with E-state index in [2.05, 4.69) is 39.2 Å². The third-order valence-corrected chi connectivity index (χ3v) is 6.06. The zero-order valence-corrected chi connectivity index (χ0v) is 27.8. The van der Waals surface area contributed by atoms with Crippen molar-refractivity contribution in [1.82, 2.24) is 14.9 Å². The molecule has 1 aromatic carbocycles. The van der Waals surface area contributed by atoms with Gasteiger partial charge in [-0.15, -0.1) is 0 Å². The molecule has 0 amide bonds. The number of nitrogen functional groups attached to an aromatic ring is 1. The summed E-state index contributed by atoms with van der Waals surface area (Å²) < 4.78 is 5.36. The molecule has 1 heterocycles. The maximum atomic E-state index is 12.1. The highest BCUT2D eigenvalue weighted by Gasteiger charge is 2.12. The van der Waals surface area contributed by atoms with Crippen LogP contribution in [-0.2, 0) is 41.6 Å². The van der Waals surface area contributed by atoms with Crippen molar-refractivity contribution in [3.05, 3.63) is 71.0 Å². The lowest BCUT2D eigenvalue weighted by Crippen LogP contribution is -2.14. The van der Waals surface area contributed by atoms with Crippen molar-refractivity contribution in [1.29, 1.82) is 0 Å². The molecule has 0 saturated carbocycles. The third kappa shape index (κ3) is 23.1. The van der Waals surface area contributed by atoms with Crippen LogP contribution in [-0.4, -0.2) is 98.9 Å². The van der Waals surface area contributed by atoms with Gasteiger partial charge in [-0.2, -0.15) is 4.98 Å². The Kier molecular flexibility index (Phi) is 22.1. The lowest BCUT2D eigenvalue weighted by molar-refractivity contribution is -0.143. The van der Waals surface area contributed by atoms with E-state index in [9.17, 15) is 24.0 Å². The molecule has 7 N–H and O–H groups in total. The van der Waals surface area contributed by atoms with E-state index in [-0.39, 0.29) is 5.97 Å². The minimum Gasteiger partial charge on any atom is -0.478 e. The number of ether oxygens (including phenoxy) is 1. The van der Waals surface area contributed by atoms with E-state index in [1.807, 2.05) is 33.2 Å². The lowest BCUT2D eigenvalue weighted by atomic mass is 10.0. The molecule has 0 spiro atoms. The number of carboxylic acids is 4. The quantitative estimate of drug-likeness (QED) is 0.0754. The number of nitrogens with zero attached hydrogens (tertiary/aromatic N) is 3. The molecule has 2 aromatic rings. The molecule has 0 atom stereocenters. The number of nitrogens with two attached hydrogens (primary N) is 1. The zero-order chi connectivity index (χ0) is 36.5. The highest BCUT2D eigenvalue weighted by Crippen LogP contribution is 2.22. The van der Waals surface area contributed by atoms with Crippen LogP contribution in [0.1, 0.15) is 61.4 Å². The van der Waals surface area contributed by atoms with Gasteiger partial charge in [-0.05, 0) is 58.0 Å². The van der Waals surface area contributed by atoms with E-state index in [4.69, 9.17) is 30.9 Å². The lowest BCUT2D eigenvalue weighted by Gasteiger charge is -2.14. The van der Waals surface area contributed by atoms with Crippen molar-refractivity contribution in [2.45, 2.75) is 58.8 Å². The predicted molar refractivity (Wildman–Crippen MR) is 180 cm³/mol. The average molecular weight is 674 g/mol. The van der Waals surface area contributed by atoms with Gasteiger partial charge in [-0.1, -0.05) is 44.0 Å². The Balaban J connectivity index is 0.00000113. The van der Waals surface area contributed by atoms with Crippen molar-refractivity contribution in [2.24, 2.45) is 0 Å². The number of benzene rings is 1. The van der Waals surface area contributed by atoms with E-state index in [0.717, 1.165) is 60.6 Å². The number of unbranched alkanes of at least 4 members (excludes halogenated alkanes) is 3. The molecular weight excluding hydrogens is 626 g/mol. The van der Waals surface area contributed by atoms with E-state index < -0.39 is 23.9 Å². The first kappa shape index (κ1) is 42.7. The van der Waals surface area contributed by atoms with Crippen LogP contribution in [0.15, 0.2) is 48.6 Å². The monoisotopic (exact) mass is 673 g/mol. The van der Waals surface area contributed by atoms with E-state index in [1.54, 1.807) is 0 Å². The van der Waals surface area contributed by atoms with Gasteiger partial charge in [0.25, 0.3) is 0 Å². The first-order valence-corrected chi connectivity index (χ1v) is 15.2. The number of aryl methyl sites for hydroxylation is 1. The zero-order valence-electron chi connectivity index (χ0n) is 27.8. The van der Waals surface area contributed by atoms with E-state index in [0.29, 0.717) is 49.7 Å². The Morgan fingerprint density at radius 2 is 1.33 bits per heavy atom. The van der Waals surface area contributed by atoms with Gasteiger partial charge in [0, 0.05) is 48.5 Å². The maximum absolute atomic E-state index is 12.1. The molecule has 0 unspecified atom stereocenters. The first-order chi connectivity index (χ1) is 22.6. The molecule has 264 valence electrons. The minimum atomic E-state index is -1.26. The Morgan fingerprint density at radius 3 is 1.81 bits per heavy atom. The molecule has 0 aliphatic rings. The SMILES string of the molecule is CCCCCNc1nc(N)nc(C)c1Cc1ccc(CC(=O)OCCCCN(C)C)cc1.O=C(O)C=CC(=O)O.O=C(O)C=CC(=O)O. The number of hydrogen-bond donors (Lipinski definition) is 6. The van der Waals surface area contributed by atoms with Gasteiger partial charge < -0.3 is 41.1 Å². The summed E-state index contributed by atoms with van der Waals surface area (Å²) in [5.41, 5.74) is 9.91. The van der Waals surface area contributed by atoms with Crippen LogP contribution in [0.5, 0.6) is 0 Å². The van der Waals surface area contributed by atoms with Crippen LogP contribution in [0, 0.1) is 6.92 Å². The molecule has 48 heavy (non-hydrogen) atoms. The average Bonchev–Trinajstić information content (AvgIpc) is 3.00. The third-order valence-electron chi connectivity index (χ3n) is 6.06.